The van der Waals surface area contributed by atoms with Gasteiger partial charge in [-0.3, -0.25) is 0 Å². The molecule has 110 valence electrons. The van der Waals surface area contributed by atoms with E-state index in [1.165, 1.54) is 0 Å². The summed E-state index contributed by atoms with van der Waals surface area (Å²) in [5.74, 6) is 0.209. The van der Waals surface area contributed by atoms with Crippen molar-refractivity contribution >= 4 is 38.8 Å². The van der Waals surface area contributed by atoms with Crippen molar-refractivity contribution in [3.8, 4) is 0 Å². The van der Waals surface area contributed by atoms with E-state index in [1.807, 2.05) is 0 Å². The maximum atomic E-state index is 14.5. The van der Waals surface area contributed by atoms with Crippen LogP contribution in [-0.4, -0.2) is 43.1 Å². The van der Waals surface area contributed by atoms with E-state index in [0.717, 1.165) is 13.1 Å². The summed E-state index contributed by atoms with van der Waals surface area (Å²) in [4.78, 5) is 4.48. The number of rotatable bonds is 3. The Kier molecular flexibility index (Phi) is 4.66. The van der Waals surface area contributed by atoms with E-state index in [4.69, 9.17) is 18.0 Å². The van der Waals surface area contributed by atoms with Crippen LogP contribution in [0.5, 0.6) is 0 Å². The van der Waals surface area contributed by atoms with E-state index < -0.39 is 0 Å². The molecule has 1 aliphatic heterocycles. The lowest BCUT2D eigenvalue weighted by atomic mass is 10.1. The second-order valence-electron chi connectivity index (χ2n) is 5.54. The zero-order valence-corrected chi connectivity index (χ0v) is 14.3. The van der Waals surface area contributed by atoms with E-state index in [9.17, 15) is 4.39 Å². The summed E-state index contributed by atoms with van der Waals surface area (Å²) in [5, 5.41) is 0. The first-order valence-electron chi connectivity index (χ1n) is 6.52. The number of benzene rings is 1. The second kappa shape index (κ2) is 5.95. The highest BCUT2D eigenvalue weighted by molar-refractivity contribution is 9.10. The van der Waals surface area contributed by atoms with Gasteiger partial charge in [-0.25, -0.2) is 4.39 Å². The third kappa shape index (κ3) is 2.82. The molecule has 20 heavy (non-hydrogen) atoms. The summed E-state index contributed by atoms with van der Waals surface area (Å²) in [7, 11) is 4.12. The average Bonchev–Trinajstić information content (AvgIpc) is 2.74. The summed E-state index contributed by atoms with van der Waals surface area (Å²) < 4.78 is 14.9. The topological polar surface area (TPSA) is 32.5 Å². The molecule has 2 atom stereocenters. The molecule has 1 aromatic rings. The molecule has 1 aliphatic rings. The smallest absolute Gasteiger partial charge is 0.161 e. The van der Waals surface area contributed by atoms with Crippen molar-refractivity contribution in [1.29, 1.82) is 0 Å². The lowest BCUT2D eigenvalue weighted by molar-refractivity contribution is 0.266. The van der Waals surface area contributed by atoms with E-state index in [1.54, 1.807) is 12.1 Å². The molecule has 3 nitrogen and oxygen atoms in total. The standard InChI is InChI=1S/C14H19BrFN3S/c1-8-6-19(7-11(8)18(2)3)10-5-4-9(14(17)20)12(15)13(10)16/h4-5,8,11H,6-7H2,1-3H3,(H2,17,20). The van der Waals surface area contributed by atoms with Gasteiger partial charge in [-0.2, -0.15) is 0 Å². The summed E-state index contributed by atoms with van der Waals surface area (Å²) in [5.41, 5.74) is 6.73. The van der Waals surface area contributed by atoms with E-state index in [0.29, 0.717) is 27.7 Å². The molecule has 0 saturated carbocycles. The van der Waals surface area contributed by atoms with Crippen LogP contribution in [0.2, 0.25) is 0 Å². The maximum absolute atomic E-state index is 14.5. The molecule has 6 heteroatoms. The first-order chi connectivity index (χ1) is 9.32. The number of thiocarbonyl (C=S) groups is 1. The van der Waals surface area contributed by atoms with Gasteiger partial charge in [-0.15, -0.1) is 0 Å². The molecule has 0 spiro atoms. The molecule has 0 bridgehead atoms. The monoisotopic (exact) mass is 359 g/mol. The van der Waals surface area contributed by atoms with Crippen molar-refractivity contribution in [2.24, 2.45) is 11.7 Å². The molecule has 1 heterocycles. The number of likely N-dealkylation sites (N-methyl/N-ethyl adjacent to an activating group) is 1. The molecule has 2 N–H and O–H groups in total. The van der Waals surface area contributed by atoms with Crippen LogP contribution in [0, 0.1) is 11.7 Å². The van der Waals surface area contributed by atoms with Gasteiger partial charge in [-0.1, -0.05) is 19.1 Å². The number of nitrogens with two attached hydrogens (primary N) is 1. The van der Waals surface area contributed by atoms with Crippen LogP contribution < -0.4 is 10.6 Å². The van der Waals surface area contributed by atoms with Crippen LogP contribution in [-0.2, 0) is 0 Å². The Morgan fingerprint density at radius 1 is 1.45 bits per heavy atom. The number of anilines is 1. The zero-order chi connectivity index (χ0) is 15.0. The molecule has 2 rings (SSSR count). The molecular weight excluding hydrogens is 341 g/mol. The van der Waals surface area contributed by atoms with Crippen LogP contribution in [0.4, 0.5) is 10.1 Å². The van der Waals surface area contributed by atoms with E-state index in [-0.39, 0.29) is 10.8 Å². The fourth-order valence-corrected chi connectivity index (χ4v) is 3.64. The van der Waals surface area contributed by atoms with Crippen molar-refractivity contribution in [1.82, 2.24) is 4.90 Å². The van der Waals surface area contributed by atoms with Gasteiger partial charge in [-0.05, 0) is 48.1 Å². The molecule has 1 saturated heterocycles. The third-order valence-electron chi connectivity index (χ3n) is 3.90. The average molecular weight is 360 g/mol. The molecule has 0 amide bonds. The molecule has 0 aromatic heterocycles. The number of halogens is 2. The summed E-state index contributed by atoms with van der Waals surface area (Å²) in [6, 6.07) is 3.97. The van der Waals surface area contributed by atoms with Crippen LogP contribution in [0.1, 0.15) is 12.5 Å². The highest BCUT2D eigenvalue weighted by atomic mass is 79.9. The van der Waals surface area contributed by atoms with Crippen LogP contribution in [0.15, 0.2) is 16.6 Å². The highest BCUT2D eigenvalue weighted by Crippen LogP contribution is 2.33. The van der Waals surface area contributed by atoms with Gasteiger partial charge in [0.25, 0.3) is 0 Å². The number of nitrogens with zero attached hydrogens (tertiary/aromatic N) is 2. The fourth-order valence-electron chi connectivity index (χ4n) is 2.79. The minimum absolute atomic E-state index is 0.197. The molecule has 0 aliphatic carbocycles. The van der Waals surface area contributed by atoms with Gasteiger partial charge in [0.15, 0.2) is 5.82 Å². The van der Waals surface area contributed by atoms with E-state index >= 15 is 0 Å². The van der Waals surface area contributed by atoms with Gasteiger partial charge >= 0.3 is 0 Å². The first-order valence-corrected chi connectivity index (χ1v) is 7.72. The minimum atomic E-state index is -0.290. The highest BCUT2D eigenvalue weighted by Gasteiger charge is 2.32. The predicted octanol–water partition coefficient (Wildman–Crippen LogP) is 2.61. The van der Waals surface area contributed by atoms with Gasteiger partial charge < -0.3 is 15.5 Å². The van der Waals surface area contributed by atoms with Crippen LogP contribution >= 0.6 is 28.1 Å². The van der Waals surface area contributed by atoms with Gasteiger partial charge in [0, 0.05) is 24.7 Å². The normalized spacial score (nSPS) is 22.6. The van der Waals surface area contributed by atoms with Crippen molar-refractivity contribution in [2.45, 2.75) is 13.0 Å². The Balaban J connectivity index is 2.31. The molecular formula is C14H19BrFN3S. The predicted molar refractivity (Wildman–Crippen MR) is 88.8 cm³/mol. The Hall–Kier alpha value is -0.720. The van der Waals surface area contributed by atoms with Crippen molar-refractivity contribution in [3.05, 3.63) is 28.0 Å². The summed E-state index contributed by atoms with van der Waals surface area (Å²) in [6.07, 6.45) is 0. The lowest BCUT2D eigenvalue weighted by Gasteiger charge is -2.23. The first kappa shape index (κ1) is 15.7. The number of hydrogen-bond acceptors (Lipinski definition) is 3. The SMILES string of the molecule is CC1CN(c2ccc(C(N)=S)c(Br)c2F)CC1N(C)C. The van der Waals surface area contributed by atoms with Crippen molar-refractivity contribution in [3.63, 3.8) is 0 Å². The third-order valence-corrected chi connectivity index (χ3v) is 4.90. The van der Waals surface area contributed by atoms with Crippen molar-refractivity contribution in [2.75, 3.05) is 32.1 Å². The minimum Gasteiger partial charge on any atom is -0.389 e. The largest absolute Gasteiger partial charge is 0.389 e. The lowest BCUT2D eigenvalue weighted by Crippen LogP contribution is -2.34. The Bertz CT molecular complexity index is 535. The Morgan fingerprint density at radius 2 is 2.10 bits per heavy atom. The van der Waals surface area contributed by atoms with Gasteiger partial charge in [0.1, 0.15) is 4.99 Å². The van der Waals surface area contributed by atoms with Gasteiger partial charge in [0.2, 0.25) is 0 Å². The summed E-state index contributed by atoms with van der Waals surface area (Å²) in [6.45, 7) is 3.86. The quantitative estimate of drug-likeness (QED) is 0.840. The Morgan fingerprint density at radius 3 is 2.60 bits per heavy atom. The molecule has 1 aromatic carbocycles. The fraction of sp³-hybridized carbons (Fsp3) is 0.500. The van der Waals surface area contributed by atoms with E-state index in [2.05, 4.69) is 46.7 Å². The Labute approximate surface area is 133 Å². The van der Waals surface area contributed by atoms with Crippen LogP contribution in [0.25, 0.3) is 0 Å². The van der Waals surface area contributed by atoms with Crippen LogP contribution in [0.3, 0.4) is 0 Å². The molecule has 1 fully saturated rings. The number of hydrogen-bond donors (Lipinski definition) is 1. The second-order valence-corrected chi connectivity index (χ2v) is 6.77. The van der Waals surface area contributed by atoms with Crippen molar-refractivity contribution < 1.29 is 4.39 Å². The summed E-state index contributed by atoms with van der Waals surface area (Å²) >= 11 is 8.18. The molecule has 2 unspecified atom stereocenters. The zero-order valence-electron chi connectivity index (χ0n) is 11.9. The molecule has 0 radical (unpaired) electrons. The van der Waals surface area contributed by atoms with Gasteiger partial charge in [0.05, 0.1) is 10.2 Å². The maximum Gasteiger partial charge on any atom is 0.161 e.